The number of rotatable bonds is 7. The molecule has 0 unspecified atom stereocenters. The number of alkyl halides is 2. The molecular weight excluding hydrogens is 520 g/mol. The quantitative estimate of drug-likeness (QED) is 0.335. The van der Waals surface area contributed by atoms with Crippen molar-refractivity contribution in [1.29, 1.82) is 0 Å². The summed E-state index contributed by atoms with van der Waals surface area (Å²) in [6.45, 7) is -2.62. The Bertz CT molecular complexity index is 1650. The number of methoxy groups -OCH3 is 1. The number of nitrogens with zero attached hydrogens (tertiary/aromatic N) is 6. The van der Waals surface area contributed by atoms with E-state index in [0.717, 1.165) is 29.4 Å². The molecule has 3 aromatic heterocycles. The number of nitrogens with two attached hydrogens (primary N) is 2. The molecule has 4 heterocycles. The Labute approximate surface area is 222 Å². The summed E-state index contributed by atoms with van der Waals surface area (Å²) >= 11 is 0. The van der Waals surface area contributed by atoms with Crippen molar-refractivity contribution in [1.82, 2.24) is 24.5 Å². The third-order valence-corrected chi connectivity index (χ3v) is 6.56. The van der Waals surface area contributed by atoms with Crippen LogP contribution in [0.2, 0.25) is 0 Å². The molecule has 10 nitrogen and oxygen atoms in total. The smallest absolute Gasteiger partial charge is 0.297 e. The number of imidazole rings is 1. The van der Waals surface area contributed by atoms with E-state index >= 15 is 4.39 Å². The van der Waals surface area contributed by atoms with Gasteiger partial charge < -0.3 is 25.7 Å². The molecule has 0 radical (unpaired) electrons. The summed E-state index contributed by atoms with van der Waals surface area (Å²) in [5.41, 5.74) is 9.80. The highest BCUT2D eigenvalue weighted by atomic mass is 19.3. The number of halogens is 4. The van der Waals surface area contributed by atoms with Crippen LogP contribution >= 0.6 is 0 Å². The zero-order valence-electron chi connectivity index (χ0n) is 22.5. The summed E-state index contributed by atoms with van der Waals surface area (Å²) in [7, 11) is 1.18. The average molecular weight is 547 g/mol. The Balaban J connectivity index is 1.70. The third kappa shape index (κ3) is 4.82. The number of pyridine rings is 1. The van der Waals surface area contributed by atoms with Gasteiger partial charge in [-0.2, -0.15) is 0 Å². The molecule has 0 amide bonds. The van der Waals surface area contributed by atoms with Gasteiger partial charge in [-0.05, 0) is 30.5 Å². The molecule has 1 aliphatic heterocycles. The molecular formula is C25H24F4N8O2. The Hall–Kier alpha value is -4.33. The normalized spacial score (nSPS) is 18.8. The number of Topliss-reactive ketones (excluding diaryl/α,β-unsaturated/α-hetero) is 1. The van der Waals surface area contributed by atoms with E-state index in [-0.39, 0.29) is 71.2 Å². The molecule has 5 rings (SSSR count). The molecule has 39 heavy (non-hydrogen) atoms. The molecule has 0 spiro atoms. The van der Waals surface area contributed by atoms with E-state index in [1.54, 1.807) is 0 Å². The first-order valence-electron chi connectivity index (χ1n) is 12.7. The van der Waals surface area contributed by atoms with Crippen molar-refractivity contribution in [2.45, 2.75) is 31.3 Å². The summed E-state index contributed by atoms with van der Waals surface area (Å²) in [5, 5.41) is 0. The number of carbonyl (C=O) groups excluding carboxylic acids is 1. The van der Waals surface area contributed by atoms with Gasteiger partial charge >= 0.3 is 0 Å². The lowest BCUT2D eigenvalue weighted by atomic mass is 9.85. The molecule has 1 fully saturated rings. The van der Waals surface area contributed by atoms with Crippen LogP contribution in [0.5, 0.6) is 5.75 Å². The van der Waals surface area contributed by atoms with Crippen LogP contribution in [0.25, 0.3) is 22.4 Å². The number of piperidine rings is 1. The first-order chi connectivity index (χ1) is 19.4. The van der Waals surface area contributed by atoms with E-state index in [2.05, 4.69) is 19.9 Å². The van der Waals surface area contributed by atoms with Crippen LogP contribution in [0.15, 0.2) is 37.1 Å². The van der Waals surface area contributed by atoms with Crippen molar-refractivity contribution in [2.75, 3.05) is 30.8 Å². The number of anilines is 2. The Morgan fingerprint density at radius 3 is 2.74 bits per heavy atom. The van der Waals surface area contributed by atoms with Gasteiger partial charge in [-0.15, -0.1) is 0 Å². The SMILES string of the molecule is [2H]C([2H])(c1cc(-c2cc(F)c(OC)cc2F)ncc1N1CCC[C@@](N)(C(=O)C(F)F)C1)n1cnc2c(N)ncnc21. The van der Waals surface area contributed by atoms with Crippen molar-refractivity contribution in [3.63, 3.8) is 0 Å². The lowest BCUT2D eigenvalue weighted by molar-refractivity contribution is -0.135. The van der Waals surface area contributed by atoms with E-state index < -0.39 is 35.9 Å². The summed E-state index contributed by atoms with van der Waals surface area (Å²) in [4.78, 5) is 30.1. The summed E-state index contributed by atoms with van der Waals surface area (Å²) in [6, 6.07) is 2.90. The second-order valence-electron chi connectivity index (χ2n) is 9.06. The molecule has 204 valence electrons. The molecule has 1 aliphatic rings. The Kier molecular flexibility index (Phi) is 6.15. The molecule has 4 N–H and O–H groups in total. The molecule has 0 saturated carbocycles. The molecule has 14 heteroatoms. The van der Waals surface area contributed by atoms with Gasteiger partial charge in [0, 0.05) is 24.7 Å². The van der Waals surface area contributed by atoms with E-state index in [1.165, 1.54) is 24.3 Å². The highest BCUT2D eigenvalue weighted by Gasteiger charge is 2.43. The number of hydrogen-bond donors (Lipinski definition) is 2. The zero-order valence-corrected chi connectivity index (χ0v) is 20.5. The van der Waals surface area contributed by atoms with Crippen LogP contribution in [-0.4, -0.2) is 62.4 Å². The third-order valence-electron chi connectivity index (χ3n) is 6.56. The minimum Gasteiger partial charge on any atom is -0.494 e. The number of fused-ring (bicyclic) bond motifs is 1. The number of ether oxygens (including phenoxy) is 1. The molecule has 4 aromatic rings. The molecule has 1 aromatic carbocycles. The number of nitrogen functional groups attached to an aromatic ring is 1. The molecule has 0 bridgehead atoms. The standard InChI is InChI=1S/C25H24F4N8O2/c1-39-19-7-15(26)14(6-16(19)27)17-5-13(9-37-12-35-20-23(30)33-11-34-24(20)37)18(8-32-17)36-4-2-3-25(31,10-36)21(38)22(28)29/h5-8,11-12,22H,2-4,9-10,31H2,1H3,(H2,30,33,34)/t25-/m0/s1/i9D2. The Morgan fingerprint density at radius 2 is 2.00 bits per heavy atom. The number of hydrogen-bond acceptors (Lipinski definition) is 9. The van der Waals surface area contributed by atoms with Crippen LogP contribution in [0.1, 0.15) is 21.1 Å². The number of benzene rings is 1. The summed E-state index contributed by atoms with van der Waals surface area (Å²) in [6.07, 6.45) is 0.432. The average Bonchev–Trinajstić information content (AvgIpc) is 3.40. The van der Waals surface area contributed by atoms with Gasteiger partial charge in [0.2, 0.25) is 5.78 Å². The summed E-state index contributed by atoms with van der Waals surface area (Å²) in [5.74, 6) is -3.52. The fourth-order valence-corrected chi connectivity index (χ4v) is 4.59. The summed E-state index contributed by atoms with van der Waals surface area (Å²) < 4.78 is 80.4. The lowest BCUT2D eigenvalue weighted by Gasteiger charge is -2.40. The lowest BCUT2D eigenvalue weighted by Crippen LogP contribution is -2.61. The maximum atomic E-state index is 15.0. The fraction of sp³-hybridized carbons (Fsp3) is 0.320. The van der Waals surface area contributed by atoms with Gasteiger partial charge in [0.15, 0.2) is 23.0 Å². The van der Waals surface area contributed by atoms with Gasteiger partial charge in [0.05, 0.1) is 45.8 Å². The van der Waals surface area contributed by atoms with Gasteiger partial charge in [-0.3, -0.25) is 9.78 Å². The van der Waals surface area contributed by atoms with Gasteiger partial charge in [-0.1, -0.05) is 0 Å². The van der Waals surface area contributed by atoms with Crippen molar-refractivity contribution in [3.05, 3.63) is 54.2 Å². The van der Waals surface area contributed by atoms with E-state index in [9.17, 15) is 18.0 Å². The fourth-order valence-electron chi connectivity index (χ4n) is 4.59. The van der Waals surface area contributed by atoms with Gasteiger partial charge in [-0.25, -0.2) is 32.5 Å². The first-order valence-corrected chi connectivity index (χ1v) is 11.7. The Morgan fingerprint density at radius 1 is 1.21 bits per heavy atom. The van der Waals surface area contributed by atoms with Crippen molar-refractivity contribution >= 4 is 28.5 Å². The number of carbonyl (C=O) groups is 1. The molecule has 0 aliphatic carbocycles. The molecule has 1 atom stereocenters. The van der Waals surface area contributed by atoms with E-state index in [4.69, 9.17) is 18.9 Å². The van der Waals surface area contributed by atoms with Crippen LogP contribution < -0.4 is 21.1 Å². The minimum atomic E-state index is -3.29. The van der Waals surface area contributed by atoms with E-state index in [1.807, 2.05) is 0 Å². The van der Waals surface area contributed by atoms with Crippen LogP contribution in [0.3, 0.4) is 0 Å². The highest BCUT2D eigenvalue weighted by Crippen LogP contribution is 2.34. The predicted octanol–water partition coefficient (Wildman–Crippen LogP) is 2.94. The van der Waals surface area contributed by atoms with Crippen LogP contribution in [-0.2, 0) is 11.3 Å². The van der Waals surface area contributed by atoms with Crippen molar-refractivity contribution in [3.8, 4) is 17.0 Å². The van der Waals surface area contributed by atoms with Crippen LogP contribution in [0, 0.1) is 11.6 Å². The maximum Gasteiger partial charge on any atom is 0.297 e. The second kappa shape index (κ2) is 10.1. The van der Waals surface area contributed by atoms with Crippen LogP contribution in [0.4, 0.5) is 29.1 Å². The van der Waals surface area contributed by atoms with E-state index in [0.29, 0.717) is 0 Å². The van der Waals surface area contributed by atoms with Gasteiger partial charge in [0.25, 0.3) is 6.43 Å². The zero-order chi connectivity index (χ0) is 29.7. The molecule has 1 saturated heterocycles. The van der Waals surface area contributed by atoms with Gasteiger partial charge in [0.1, 0.15) is 17.7 Å². The second-order valence-corrected chi connectivity index (χ2v) is 9.06. The topological polar surface area (TPSA) is 138 Å². The largest absolute Gasteiger partial charge is 0.494 e. The monoisotopic (exact) mass is 546 g/mol. The maximum absolute atomic E-state index is 15.0. The minimum absolute atomic E-state index is 0.000890. The highest BCUT2D eigenvalue weighted by molar-refractivity contribution is 5.92. The number of aromatic nitrogens is 5. The van der Waals surface area contributed by atoms with Crippen molar-refractivity contribution in [2.24, 2.45) is 5.73 Å². The predicted molar refractivity (Wildman–Crippen MR) is 134 cm³/mol. The number of ketones is 1. The van der Waals surface area contributed by atoms with Crippen molar-refractivity contribution < 1.29 is 29.8 Å². The first kappa shape index (κ1) is 23.8.